The molecule has 0 radical (unpaired) electrons. The van der Waals surface area contributed by atoms with Gasteiger partial charge >= 0.3 is 0 Å². The van der Waals surface area contributed by atoms with Gasteiger partial charge < -0.3 is 4.57 Å². The van der Waals surface area contributed by atoms with Crippen LogP contribution >= 0.6 is 0 Å². The Morgan fingerprint density at radius 3 is 2.48 bits per heavy atom. The fourth-order valence-electron chi connectivity index (χ4n) is 2.71. The largest absolute Gasteiger partial charge is 0.336 e. The maximum absolute atomic E-state index is 13.7. The van der Waals surface area contributed by atoms with Crippen LogP contribution in [0.2, 0.25) is 0 Å². The Kier molecular flexibility index (Phi) is 4.62. The van der Waals surface area contributed by atoms with Crippen molar-refractivity contribution in [1.29, 1.82) is 0 Å². The lowest BCUT2D eigenvalue weighted by Gasteiger charge is -2.34. The third-order valence-corrected chi connectivity index (χ3v) is 4.05. The van der Waals surface area contributed by atoms with Gasteiger partial charge in [-0.3, -0.25) is 9.80 Å². The highest BCUT2D eigenvalue weighted by Gasteiger charge is 2.17. The van der Waals surface area contributed by atoms with Gasteiger partial charge in [-0.1, -0.05) is 18.2 Å². The van der Waals surface area contributed by atoms with E-state index in [-0.39, 0.29) is 5.82 Å². The molecule has 2 aromatic rings. The van der Waals surface area contributed by atoms with Crippen LogP contribution in [-0.4, -0.2) is 52.1 Å². The third kappa shape index (κ3) is 3.89. The molecule has 112 valence electrons. The van der Waals surface area contributed by atoms with Gasteiger partial charge in [-0.2, -0.15) is 0 Å². The zero-order chi connectivity index (χ0) is 14.5. The molecule has 0 spiro atoms. The van der Waals surface area contributed by atoms with Crippen molar-refractivity contribution < 1.29 is 4.39 Å². The smallest absolute Gasteiger partial charge is 0.127 e. The quantitative estimate of drug-likeness (QED) is 0.839. The van der Waals surface area contributed by atoms with Crippen LogP contribution in [-0.2, 0) is 13.1 Å². The lowest BCUT2D eigenvalue weighted by atomic mass is 10.2. The van der Waals surface area contributed by atoms with Crippen molar-refractivity contribution in [2.75, 3.05) is 32.7 Å². The Labute approximate surface area is 124 Å². The predicted molar refractivity (Wildman–Crippen MR) is 80.3 cm³/mol. The summed E-state index contributed by atoms with van der Waals surface area (Å²) in [4.78, 5) is 8.84. The lowest BCUT2D eigenvalue weighted by Crippen LogP contribution is -2.46. The molecule has 1 fully saturated rings. The summed E-state index contributed by atoms with van der Waals surface area (Å²) in [6, 6.07) is 7.06. The third-order valence-electron chi connectivity index (χ3n) is 4.05. The molecule has 0 atom stereocenters. The molecule has 0 saturated carbocycles. The Morgan fingerprint density at radius 2 is 1.76 bits per heavy atom. The summed E-state index contributed by atoms with van der Waals surface area (Å²) in [6.07, 6.45) is 5.66. The van der Waals surface area contributed by atoms with Crippen LogP contribution in [0.3, 0.4) is 0 Å². The van der Waals surface area contributed by atoms with E-state index in [0.29, 0.717) is 6.54 Å². The van der Waals surface area contributed by atoms with Gasteiger partial charge in [-0.25, -0.2) is 9.37 Å². The van der Waals surface area contributed by atoms with Gasteiger partial charge in [0.05, 0.1) is 6.33 Å². The molecular weight excluding hydrogens is 267 g/mol. The van der Waals surface area contributed by atoms with Crippen LogP contribution in [0, 0.1) is 5.82 Å². The molecule has 0 aliphatic carbocycles. The molecular formula is C16H21FN4. The van der Waals surface area contributed by atoms with Crippen molar-refractivity contribution in [2.24, 2.45) is 0 Å². The average Bonchev–Trinajstić information content (AvgIpc) is 3.02. The Balaban J connectivity index is 1.44. The van der Waals surface area contributed by atoms with Crippen LogP contribution in [0.25, 0.3) is 0 Å². The molecule has 0 bridgehead atoms. The predicted octanol–water partition coefficient (Wildman–Crippen LogP) is 1.84. The Hall–Kier alpha value is -1.72. The van der Waals surface area contributed by atoms with E-state index in [1.165, 1.54) is 6.07 Å². The average molecular weight is 288 g/mol. The molecule has 0 amide bonds. The summed E-state index contributed by atoms with van der Waals surface area (Å²) in [5, 5.41) is 0. The second-order valence-electron chi connectivity index (χ2n) is 5.51. The summed E-state index contributed by atoms with van der Waals surface area (Å²) in [7, 11) is 0. The van der Waals surface area contributed by atoms with E-state index in [2.05, 4.69) is 19.4 Å². The van der Waals surface area contributed by atoms with E-state index < -0.39 is 0 Å². The number of benzene rings is 1. The molecule has 5 heteroatoms. The number of imidazole rings is 1. The molecule has 3 rings (SSSR count). The van der Waals surface area contributed by atoms with Crippen LogP contribution in [0.1, 0.15) is 5.56 Å². The number of hydrogen-bond donors (Lipinski definition) is 0. The molecule has 2 heterocycles. The first-order chi connectivity index (χ1) is 10.3. The van der Waals surface area contributed by atoms with E-state index in [1.807, 2.05) is 30.9 Å². The molecule has 0 unspecified atom stereocenters. The van der Waals surface area contributed by atoms with Gasteiger partial charge in [0.2, 0.25) is 0 Å². The topological polar surface area (TPSA) is 24.3 Å². The zero-order valence-corrected chi connectivity index (χ0v) is 12.2. The fourth-order valence-corrected chi connectivity index (χ4v) is 2.71. The summed E-state index contributed by atoms with van der Waals surface area (Å²) >= 11 is 0. The van der Waals surface area contributed by atoms with Gasteiger partial charge in [-0.15, -0.1) is 0 Å². The normalized spacial score (nSPS) is 17.2. The van der Waals surface area contributed by atoms with Gasteiger partial charge in [0, 0.05) is 63.8 Å². The molecule has 1 aromatic carbocycles. The first-order valence-corrected chi connectivity index (χ1v) is 7.45. The monoisotopic (exact) mass is 288 g/mol. The molecule has 1 saturated heterocycles. The molecule has 1 aliphatic heterocycles. The van der Waals surface area contributed by atoms with E-state index in [9.17, 15) is 4.39 Å². The SMILES string of the molecule is Fc1ccccc1CN1CCN(CCn2ccnc2)CC1. The van der Waals surface area contributed by atoms with Crippen molar-refractivity contribution in [3.63, 3.8) is 0 Å². The van der Waals surface area contributed by atoms with Crippen molar-refractivity contribution in [3.8, 4) is 0 Å². The number of halogens is 1. The minimum atomic E-state index is -0.0972. The number of rotatable bonds is 5. The minimum absolute atomic E-state index is 0.0972. The highest BCUT2D eigenvalue weighted by atomic mass is 19.1. The summed E-state index contributed by atoms with van der Waals surface area (Å²) in [5.41, 5.74) is 0.796. The highest BCUT2D eigenvalue weighted by molar-refractivity contribution is 5.17. The molecule has 21 heavy (non-hydrogen) atoms. The van der Waals surface area contributed by atoms with Crippen LogP contribution in [0.5, 0.6) is 0 Å². The first-order valence-electron chi connectivity index (χ1n) is 7.45. The standard InChI is InChI=1S/C16H21FN4/c17-16-4-2-1-3-15(16)13-20-10-7-19(8-11-20)9-12-21-6-5-18-14-21/h1-6,14H,7-13H2. The van der Waals surface area contributed by atoms with Crippen molar-refractivity contribution in [3.05, 3.63) is 54.4 Å². The van der Waals surface area contributed by atoms with Crippen molar-refractivity contribution in [1.82, 2.24) is 19.4 Å². The van der Waals surface area contributed by atoms with Crippen molar-refractivity contribution >= 4 is 0 Å². The lowest BCUT2D eigenvalue weighted by molar-refractivity contribution is 0.123. The fraction of sp³-hybridized carbons (Fsp3) is 0.438. The van der Waals surface area contributed by atoms with Crippen LogP contribution in [0.4, 0.5) is 4.39 Å². The van der Waals surface area contributed by atoms with E-state index >= 15 is 0 Å². The van der Waals surface area contributed by atoms with Crippen LogP contribution < -0.4 is 0 Å². The first kappa shape index (κ1) is 14.2. The van der Waals surface area contributed by atoms with Gasteiger partial charge in [0.15, 0.2) is 0 Å². The second kappa shape index (κ2) is 6.83. The van der Waals surface area contributed by atoms with Gasteiger partial charge in [-0.05, 0) is 6.07 Å². The molecule has 1 aliphatic rings. The number of piperazine rings is 1. The Morgan fingerprint density at radius 1 is 1.00 bits per heavy atom. The highest BCUT2D eigenvalue weighted by Crippen LogP contribution is 2.12. The zero-order valence-electron chi connectivity index (χ0n) is 12.2. The van der Waals surface area contributed by atoms with Crippen molar-refractivity contribution in [2.45, 2.75) is 13.1 Å². The van der Waals surface area contributed by atoms with Gasteiger partial charge in [0.1, 0.15) is 5.82 Å². The number of aromatic nitrogens is 2. The minimum Gasteiger partial charge on any atom is -0.336 e. The van der Waals surface area contributed by atoms with E-state index in [1.54, 1.807) is 6.07 Å². The van der Waals surface area contributed by atoms with E-state index in [4.69, 9.17) is 0 Å². The number of nitrogens with zero attached hydrogens (tertiary/aromatic N) is 4. The molecule has 1 aromatic heterocycles. The van der Waals surface area contributed by atoms with Gasteiger partial charge in [0.25, 0.3) is 0 Å². The Bertz CT molecular complexity index is 547. The molecule has 4 nitrogen and oxygen atoms in total. The van der Waals surface area contributed by atoms with Crippen LogP contribution in [0.15, 0.2) is 43.0 Å². The maximum atomic E-state index is 13.7. The summed E-state index contributed by atoms with van der Waals surface area (Å²) in [5.74, 6) is -0.0972. The number of hydrogen-bond acceptors (Lipinski definition) is 3. The second-order valence-corrected chi connectivity index (χ2v) is 5.51. The van der Waals surface area contributed by atoms with E-state index in [0.717, 1.165) is 44.8 Å². The summed E-state index contributed by atoms with van der Waals surface area (Å²) < 4.78 is 15.8. The summed E-state index contributed by atoms with van der Waals surface area (Å²) in [6.45, 7) is 6.82. The molecule has 0 N–H and O–H groups in total. The maximum Gasteiger partial charge on any atom is 0.127 e.